The van der Waals surface area contributed by atoms with Crippen molar-refractivity contribution in [2.24, 2.45) is 0 Å². The number of carboxylic acid groups (broad SMARTS) is 1. The molecule has 0 atom stereocenters. The summed E-state index contributed by atoms with van der Waals surface area (Å²) in [5.74, 6) is -1.04. The molecule has 0 spiro atoms. The molecule has 4 nitrogen and oxygen atoms in total. The third-order valence-corrected chi connectivity index (χ3v) is 2.71. The molecule has 0 aliphatic carbocycles. The zero-order valence-electron chi connectivity index (χ0n) is 10.8. The molecule has 2 aromatic carbocycles. The van der Waals surface area contributed by atoms with Crippen molar-refractivity contribution in [1.82, 2.24) is 0 Å². The van der Waals surface area contributed by atoms with Crippen LogP contribution in [0.15, 0.2) is 42.5 Å². The highest BCUT2D eigenvalue weighted by atomic mass is 19.1. The molecule has 0 saturated heterocycles. The van der Waals surface area contributed by atoms with Gasteiger partial charge in [-0.2, -0.15) is 0 Å². The molecule has 1 N–H and O–H groups in total. The van der Waals surface area contributed by atoms with Crippen molar-refractivity contribution in [2.45, 2.75) is 6.61 Å². The summed E-state index contributed by atoms with van der Waals surface area (Å²) in [6, 6.07) is 10.6. The summed E-state index contributed by atoms with van der Waals surface area (Å²) >= 11 is 0. The topological polar surface area (TPSA) is 55.8 Å². The van der Waals surface area contributed by atoms with E-state index in [4.69, 9.17) is 14.6 Å². The molecule has 0 aromatic heterocycles. The Morgan fingerprint density at radius 1 is 1.25 bits per heavy atom. The van der Waals surface area contributed by atoms with Gasteiger partial charge in [-0.05, 0) is 18.2 Å². The van der Waals surface area contributed by atoms with Gasteiger partial charge in [0.15, 0.2) is 0 Å². The maximum atomic E-state index is 13.3. The molecular weight excluding hydrogens is 263 g/mol. The zero-order chi connectivity index (χ0) is 14.5. The molecule has 20 heavy (non-hydrogen) atoms. The van der Waals surface area contributed by atoms with Crippen LogP contribution in [0, 0.1) is 5.82 Å². The summed E-state index contributed by atoms with van der Waals surface area (Å²) in [6.07, 6.45) is 0. The second kappa shape index (κ2) is 6.06. The SMILES string of the molecule is COc1ccccc1COc1cc(F)cc(C(=O)O)c1. The Morgan fingerprint density at radius 3 is 2.70 bits per heavy atom. The van der Waals surface area contributed by atoms with Gasteiger partial charge in [0.2, 0.25) is 0 Å². The fourth-order valence-corrected chi connectivity index (χ4v) is 1.75. The van der Waals surface area contributed by atoms with Crippen molar-refractivity contribution in [3.8, 4) is 11.5 Å². The third-order valence-electron chi connectivity index (χ3n) is 2.71. The number of aromatic carboxylic acids is 1. The average Bonchev–Trinajstić information content (AvgIpc) is 2.44. The quantitative estimate of drug-likeness (QED) is 0.911. The second-order valence-corrected chi connectivity index (χ2v) is 4.08. The van der Waals surface area contributed by atoms with Crippen LogP contribution in [0.4, 0.5) is 4.39 Å². The highest BCUT2D eigenvalue weighted by Crippen LogP contribution is 2.22. The minimum Gasteiger partial charge on any atom is -0.496 e. The van der Waals surface area contributed by atoms with Gasteiger partial charge in [0, 0.05) is 11.6 Å². The van der Waals surface area contributed by atoms with E-state index in [2.05, 4.69) is 0 Å². The first-order valence-corrected chi connectivity index (χ1v) is 5.88. The van der Waals surface area contributed by atoms with Gasteiger partial charge < -0.3 is 14.6 Å². The van der Waals surface area contributed by atoms with Crippen LogP contribution in [-0.2, 0) is 6.61 Å². The number of carbonyl (C=O) groups is 1. The van der Waals surface area contributed by atoms with Crippen molar-refractivity contribution in [2.75, 3.05) is 7.11 Å². The lowest BCUT2D eigenvalue weighted by Gasteiger charge is -2.10. The Labute approximate surface area is 115 Å². The number of ether oxygens (including phenoxy) is 2. The normalized spacial score (nSPS) is 10.1. The van der Waals surface area contributed by atoms with E-state index in [1.807, 2.05) is 18.2 Å². The molecule has 0 radical (unpaired) electrons. The smallest absolute Gasteiger partial charge is 0.335 e. The summed E-state index contributed by atoms with van der Waals surface area (Å²) < 4.78 is 23.9. The summed E-state index contributed by atoms with van der Waals surface area (Å²) in [5, 5.41) is 8.86. The predicted molar refractivity (Wildman–Crippen MR) is 70.7 cm³/mol. The van der Waals surface area contributed by atoms with Crippen LogP contribution in [0.5, 0.6) is 11.5 Å². The minimum atomic E-state index is -1.20. The first-order valence-electron chi connectivity index (χ1n) is 5.88. The fraction of sp³-hybridized carbons (Fsp3) is 0.133. The lowest BCUT2D eigenvalue weighted by atomic mass is 10.2. The van der Waals surface area contributed by atoms with Crippen molar-refractivity contribution >= 4 is 5.97 Å². The van der Waals surface area contributed by atoms with Crippen molar-refractivity contribution in [3.05, 3.63) is 59.4 Å². The summed E-state index contributed by atoms with van der Waals surface area (Å²) in [6.45, 7) is 0.159. The molecule has 0 bridgehead atoms. The van der Waals surface area contributed by atoms with E-state index in [1.54, 1.807) is 13.2 Å². The van der Waals surface area contributed by atoms with E-state index < -0.39 is 11.8 Å². The molecule has 0 unspecified atom stereocenters. The predicted octanol–water partition coefficient (Wildman–Crippen LogP) is 3.11. The van der Waals surface area contributed by atoms with Crippen molar-refractivity contribution in [1.29, 1.82) is 0 Å². The van der Waals surface area contributed by atoms with Gasteiger partial charge in [-0.25, -0.2) is 9.18 Å². The highest BCUT2D eigenvalue weighted by molar-refractivity contribution is 5.88. The van der Waals surface area contributed by atoms with E-state index >= 15 is 0 Å². The average molecular weight is 276 g/mol. The zero-order valence-corrected chi connectivity index (χ0v) is 10.8. The molecule has 2 rings (SSSR count). The Hall–Kier alpha value is -2.56. The van der Waals surface area contributed by atoms with E-state index in [0.29, 0.717) is 5.75 Å². The second-order valence-electron chi connectivity index (χ2n) is 4.08. The van der Waals surface area contributed by atoms with E-state index in [1.165, 1.54) is 6.07 Å². The maximum absolute atomic E-state index is 13.3. The monoisotopic (exact) mass is 276 g/mol. The van der Waals surface area contributed by atoms with Gasteiger partial charge in [-0.3, -0.25) is 0 Å². The number of methoxy groups -OCH3 is 1. The molecule has 2 aromatic rings. The van der Waals surface area contributed by atoms with E-state index in [-0.39, 0.29) is 17.9 Å². The van der Waals surface area contributed by atoms with Gasteiger partial charge in [0.1, 0.15) is 23.9 Å². The molecule has 0 aliphatic rings. The van der Waals surface area contributed by atoms with Crippen molar-refractivity contribution < 1.29 is 23.8 Å². The number of benzene rings is 2. The number of para-hydroxylation sites is 1. The largest absolute Gasteiger partial charge is 0.496 e. The van der Waals surface area contributed by atoms with Crippen molar-refractivity contribution in [3.63, 3.8) is 0 Å². The molecule has 5 heteroatoms. The van der Waals surface area contributed by atoms with Gasteiger partial charge in [0.25, 0.3) is 0 Å². The lowest BCUT2D eigenvalue weighted by molar-refractivity contribution is 0.0695. The summed E-state index contributed by atoms with van der Waals surface area (Å²) in [5.41, 5.74) is 0.635. The lowest BCUT2D eigenvalue weighted by Crippen LogP contribution is -2.01. The first-order chi connectivity index (χ1) is 9.60. The van der Waals surface area contributed by atoms with Gasteiger partial charge in [-0.15, -0.1) is 0 Å². The molecule has 104 valence electrons. The van der Waals surface area contributed by atoms with Crippen LogP contribution in [0.1, 0.15) is 15.9 Å². The number of hydrogen-bond donors (Lipinski definition) is 1. The van der Waals surface area contributed by atoms with E-state index in [9.17, 15) is 9.18 Å². The summed E-state index contributed by atoms with van der Waals surface area (Å²) in [7, 11) is 1.55. The first kappa shape index (κ1) is 13.9. The summed E-state index contributed by atoms with van der Waals surface area (Å²) in [4.78, 5) is 10.8. The number of hydrogen-bond acceptors (Lipinski definition) is 3. The molecule has 0 fully saturated rings. The molecule has 0 heterocycles. The standard InChI is InChI=1S/C15H13FO4/c1-19-14-5-3-2-4-10(14)9-20-13-7-11(15(17)18)6-12(16)8-13/h2-8H,9H2,1H3,(H,17,18). The number of carboxylic acids is 1. The molecule has 0 aliphatic heterocycles. The van der Waals surface area contributed by atoms with Crippen LogP contribution in [0.2, 0.25) is 0 Å². The van der Waals surface area contributed by atoms with Crippen LogP contribution < -0.4 is 9.47 Å². The van der Waals surface area contributed by atoms with Crippen LogP contribution in [0.3, 0.4) is 0 Å². The Kier molecular flexibility index (Phi) is 4.20. The van der Waals surface area contributed by atoms with E-state index in [0.717, 1.165) is 17.7 Å². The fourth-order valence-electron chi connectivity index (χ4n) is 1.75. The van der Waals surface area contributed by atoms with Gasteiger partial charge in [0.05, 0.1) is 12.7 Å². The van der Waals surface area contributed by atoms with Crippen LogP contribution in [0.25, 0.3) is 0 Å². The molecule has 0 saturated carbocycles. The Morgan fingerprint density at radius 2 is 2.00 bits per heavy atom. The maximum Gasteiger partial charge on any atom is 0.335 e. The molecular formula is C15H13FO4. The van der Waals surface area contributed by atoms with Crippen LogP contribution >= 0.6 is 0 Å². The Bertz CT molecular complexity index is 625. The number of halogens is 1. The minimum absolute atomic E-state index is 0.153. The van der Waals surface area contributed by atoms with Crippen LogP contribution in [-0.4, -0.2) is 18.2 Å². The molecule has 0 amide bonds. The number of rotatable bonds is 5. The van der Waals surface area contributed by atoms with Gasteiger partial charge in [-0.1, -0.05) is 18.2 Å². The van der Waals surface area contributed by atoms with Gasteiger partial charge >= 0.3 is 5.97 Å². The Balaban J connectivity index is 2.16. The highest BCUT2D eigenvalue weighted by Gasteiger charge is 2.09. The third kappa shape index (κ3) is 3.26.